The van der Waals surface area contributed by atoms with Crippen molar-refractivity contribution in [2.45, 2.75) is 90.9 Å². The molecule has 1 fully saturated rings. The number of nitrogens with one attached hydrogen (secondary N) is 3. The molecule has 0 spiro atoms. The van der Waals surface area contributed by atoms with Gasteiger partial charge in [-0.25, -0.2) is 14.6 Å². The van der Waals surface area contributed by atoms with Gasteiger partial charge < -0.3 is 26.0 Å². The third-order valence-corrected chi connectivity index (χ3v) is 8.99. The van der Waals surface area contributed by atoms with Crippen LogP contribution in [0.15, 0.2) is 5.38 Å². The van der Waals surface area contributed by atoms with Crippen molar-refractivity contribution in [1.29, 1.82) is 0 Å². The standard InChI is InChI=1S/C27H46N6O5S/c1-9-17(5)21(31-25(37)27(6)12-11-13-32(27)7)23(34)33(8)20(16(3)4)14-18(30-26(38)28-10-2)22-29-19(15-39-22)24(35)36/h15-18,20-21H,9-14H2,1-8H3,(H,31,37)(H,35,36)(H2,28,30,38)/t17-,18+,20+,21-,27+/m0/s1. The maximum absolute atomic E-state index is 14.0. The summed E-state index contributed by atoms with van der Waals surface area (Å²) in [6.07, 6.45) is 2.70. The van der Waals surface area contributed by atoms with Gasteiger partial charge in [0.05, 0.1) is 11.6 Å². The zero-order valence-corrected chi connectivity index (χ0v) is 25.4. The zero-order chi connectivity index (χ0) is 29.5. The van der Waals surface area contributed by atoms with Crippen LogP contribution in [0.1, 0.15) is 88.8 Å². The lowest BCUT2D eigenvalue weighted by atomic mass is 9.91. The van der Waals surface area contributed by atoms with Gasteiger partial charge in [-0.15, -0.1) is 11.3 Å². The van der Waals surface area contributed by atoms with E-state index in [0.717, 1.165) is 30.7 Å². The number of hydrogen-bond acceptors (Lipinski definition) is 7. The Bertz CT molecular complexity index is 1020. The second kappa shape index (κ2) is 14.1. The second-order valence-corrected chi connectivity index (χ2v) is 12.0. The summed E-state index contributed by atoms with van der Waals surface area (Å²) in [5, 5.41) is 19.9. The summed E-state index contributed by atoms with van der Waals surface area (Å²) in [6, 6.07) is -2.03. The van der Waals surface area contributed by atoms with Crippen molar-refractivity contribution in [3.05, 3.63) is 16.1 Å². The first-order valence-corrected chi connectivity index (χ1v) is 14.7. The van der Waals surface area contributed by atoms with Gasteiger partial charge in [0, 0.05) is 25.0 Å². The molecule has 2 rings (SSSR count). The molecule has 1 aliphatic rings. The molecule has 1 aliphatic heterocycles. The summed E-state index contributed by atoms with van der Waals surface area (Å²) in [5.74, 6) is -1.56. The number of carboxylic acid groups (broad SMARTS) is 1. The Hall–Kier alpha value is -2.73. The molecular weight excluding hydrogens is 520 g/mol. The summed E-state index contributed by atoms with van der Waals surface area (Å²) >= 11 is 1.16. The average Bonchev–Trinajstić information content (AvgIpc) is 3.51. The van der Waals surface area contributed by atoms with Gasteiger partial charge in [0.2, 0.25) is 11.8 Å². The van der Waals surface area contributed by atoms with Crippen LogP contribution in [0.3, 0.4) is 0 Å². The Morgan fingerprint density at radius 1 is 1.21 bits per heavy atom. The highest BCUT2D eigenvalue weighted by Crippen LogP contribution is 2.30. The predicted molar refractivity (Wildman–Crippen MR) is 152 cm³/mol. The van der Waals surface area contributed by atoms with Gasteiger partial charge >= 0.3 is 12.0 Å². The number of carboxylic acids is 1. The van der Waals surface area contributed by atoms with E-state index in [4.69, 9.17) is 0 Å². The summed E-state index contributed by atoms with van der Waals surface area (Å²) in [4.78, 5) is 59.2. The van der Waals surface area contributed by atoms with Crippen molar-refractivity contribution in [3.8, 4) is 0 Å². The van der Waals surface area contributed by atoms with Crippen molar-refractivity contribution < 1.29 is 24.3 Å². The number of carbonyl (C=O) groups is 4. The topological polar surface area (TPSA) is 144 Å². The van der Waals surface area contributed by atoms with Crippen LogP contribution in [-0.4, -0.2) is 88.5 Å². The van der Waals surface area contributed by atoms with Crippen LogP contribution < -0.4 is 16.0 Å². The summed E-state index contributed by atoms with van der Waals surface area (Å²) < 4.78 is 0. The molecule has 0 unspecified atom stereocenters. The number of rotatable bonds is 13. The third-order valence-electron chi connectivity index (χ3n) is 8.03. The van der Waals surface area contributed by atoms with E-state index in [2.05, 4.69) is 20.9 Å². The molecule has 4 N–H and O–H groups in total. The van der Waals surface area contributed by atoms with Crippen LogP contribution >= 0.6 is 11.3 Å². The maximum Gasteiger partial charge on any atom is 0.355 e. The fourth-order valence-electron chi connectivity index (χ4n) is 5.00. The van der Waals surface area contributed by atoms with E-state index in [-0.39, 0.29) is 35.4 Å². The number of amides is 4. The van der Waals surface area contributed by atoms with E-state index in [1.165, 1.54) is 5.38 Å². The number of aromatic nitrogens is 1. The summed E-state index contributed by atoms with van der Waals surface area (Å²) in [5.41, 5.74) is -0.746. The maximum atomic E-state index is 14.0. The molecule has 1 saturated heterocycles. The van der Waals surface area contributed by atoms with E-state index in [0.29, 0.717) is 24.4 Å². The molecule has 11 nitrogen and oxygen atoms in total. The number of urea groups is 1. The molecule has 4 amide bonds. The zero-order valence-electron chi connectivity index (χ0n) is 24.5. The van der Waals surface area contributed by atoms with E-state index < -0.39 is 29.6 Å². The Labute approximate surface area is 236 Å². The van der Waals surface area contributed by atoms with Crippen molar-refractivity contribution in [2.24, 2.45) is 11.8 Å². The molecule has 0 saturated carbocycles. The first-order chi connectivity index (χ1) is 18.3. The molecule has 0 aliphatic carbocycles. The fraction of sp³-hybridized carbons (Fsp3) is 0.741. The minimum Gasteiger partial charge on any atom is -0.476 e. The SMILES string of the molecule is CCNC(=O)N[C@H](C[C@H](C(C)C)N(C)C(=O)[C@@H](NC(=O)[C@@]1(C)CCCN1C)[C@@H](C)CC)c1nc(C(=O)O)cs1. The van der Waals surface area contributed by atoms with E-state index >= 15 is 0 Å². The number of aromatic carboxylic acids is 1. The van der Waals surface area contributed by atoms with Crippen molar-refractivity contribution >= 4 is 35.2 Å². The quantitative estimate of drug-likeness (QED) is 0.287. The number of likely N-dealkylation sites (N-methyl/N-ethyl adjacent to an activating group) is 2. The Balaban J connectivity index is 2.33. The van der Waals surface area contributed by atoms with E-state index in [1.807, 2.05) is 46.6 Å². The van der Waals surface area contributed by atoms with Crippen LogP contribution in [0.2, 0.25) is 0 Å². The molecule has 5 atom stereocenters. The molecule has 1 aromatic heterocycles. The van der Waals surface area contributed by atoms with Gasteiger partial charge in [0.15, 0.2) is 5.69 Å². The normalized spacial score (nSPS) is 20.6. The highest BCUT2D eigenvalue weighted by Gasteiger charge is 2.43. The van der Waals surface area contributed by atoms with Crippen LogP contribution in [-0.2, 0) is 9.59 Å². The largest absolute Gasteiger partial charge is 0.476 e. The second-order valence-electron chi connectivity index (χ2n) is 11.1. The first-order valence-electron chi connectivity index (χ1n) is 13.8. The highest BCUT2D eigenvalue weighted by atomic mass is 32.1. The lowest BCUT2D eigenvalue weighted by molar-refractivity contribution is -0.142. The molecule has 12 heteroatoms. The Morgan fingerprint density at radius 3 is 2.36 bits per heavy atom. The third kappa shape index (κ3) is 7.91. The van der Waals surface area contributed by atoms with Crippen LogP contribution in [0.5, 0.6) is 0 Å². The van der Waals surface area contributed by atoms with Gasteiger partial charge in [0.1, 0.15) is 11.0 Å². The number of nitrogens with zero attached hydrogens (tertiary/aromatic N) is 3. The van der Waals surface area contributed by atoms with Crippen molar-refractivity contribution in [3.63, 3.8) is 0 Å². The van der Waals surface area contributed by atoms with Gasteiger partial charge in [-0.2, -0.15) is 0 Å². The fourth-order valence-corrected chi connectivity index (χ4v) is 5.86. The van der Waals surface area contributed by atoms with Crippen LogP contribution in [0, 0.1) is 11.8 Å². The molecule has 39 heavy (non-hydrogen) atoms. The monoisotopic (exact) mass is 566 g/mol. The average molecular weight is 567 g/mol. The van der Waals surface area contributed by atoms with Crippen molar-refractivity contribution in [1.82, 2.24) is 30.7 Å². The molecule has 220 valence electrons. The van der Waals surface area contributed by atoms with Crippen molar-refractivity contribution in [2.75, 3.05) is 27.2 Å². The summed E-state index contributed by atoms with van der Waals surface area (Å²) in [7, 11) is 3.66. The first kappa shape index (κ1) is 32.5. The lowest BCUT2D eigenvalue weighted by Gasteiger charge is -2.38. The van der Waals surface area contributed by atoms with Crippen LogP contribution in [0.4, 0.5) is 4.79 Å². The molecule has 0 bridgehead atoms. The van der Waals surface area contributed by atoms with Gasteiger partial charge in [0.25, 0.3) is 0 Å². The highest BCUT2D eigenvalue weighted by molar-refractivity contribution is 7.09. The van der Waals surface area contributed by atoms with Gasteiger partial charge in [-0.1, -0.05) is 34.1 Å². The minimum atomic E-state index is -1.14. The summed E-state index contributed by atoms with van der Waals surface area (Å²) in [6.45, 7) is 12.9. The van der Waals surface area contributed by atoms with Crippen LogP contribution in [0.25, 0.3) is 0 Å². The molecule has 1 aromatic rings. The lowest BCUT2D eigenvalue weighted by Crippen LogP contribution is -2.60. The predicted octanol–water partition coefficient (Wildman–Crippen LogP) is 3.09. The number of thiazole rings is 1. The Kier molecular flexibility index (Phi) is 11.7. The number of likely N-dealkylation sites (tertiary alicyclic amines) is 1. The molecule has 0 aromatic carbocycles. The smallest absolute Gasteiger partial charge is 0.355 e. The van der Waals surface area contributed by atoms with E-state index in [1.54, 1.807) is 18.9 Å². The molecule has 2 heterocycles. The molecular formula is C27H46N6O5S. The van der Waals surface area contributed by atoms with Gasteiger partial charge in [-0.3, -0.25) is 14.5 Å². The van der Waals surface area contributed by atoms with Gasteiger partial charge in [-0.05, 0) is 58.5 Å². The number of hydrogen-bond donors (Lipinski definition) is 4. The molecule has 0 radical (unpaired) electrons. The minimum absolute atomic E-state index is 0.00293. The van der Waals surface area contributed by atoms with E-state index in [9.17, 15) is 24.3 Å². The number of carbonyl (C=O) groups excluding carboxylic acids is 3. The Morgan fingerprint density at radius 2 is 1.87 bits per heavy atom.